The number of nitrogens with one attached hydrogen (secondary N) is 1. The van der Waals surface area contributed by atoms with Gasteiger partial charge < -0.3 is 10.4 Å². The van der Waals surface area contributed by atoms with Gasteiger partial charge in [0.1, 0.15) is 0 Å². The third-order valence-electron chi connectivity index (χ3n) is 4.94. The summed E-state index contributed by atoms with van der Waals surface area (Å²) in [7, 11) is 0. The maximum Gasteiger partial charge on any atom is 0.307 e. The molecule has 1 amide bonds. The Morgan fingerprint density at radius 3 is 2.81 bits per heavy atom. The molecule has 0 aromatic heterocycles. The maximum absolute atomic E-state index is 12.0. The molecule has 1 aromatic carbocycles. The van der Waals surface area contributed by atoms with Crippen LogP contribution in [-0.4, -0.2) is 23.5 Å². The van der Waals surface area contributed by atoms with Crippen molar-refractivity contribution in [2.75, 3.05) is 6.54 Å². The normalized spacial score (nSPS) is 30.3. The molecule has 3 atom stereocenters. The molecule has 0 aliphatic heterocycles. The number of carboxylic acid groups (broad SMARTS) is 1. The van der Waals surface area contributed by atoms with Crippen molar-refractivity contribution in [2.45, 2.75) is 38.0 Å². The number of aryl methyl sites for hydroxylation is 1. The number of carbonyl (C=O) groups is 2. The summed E-state index contributed by atoms with van der Waals surface area (Å²) in [6.45, 7) is 2.78. The summed E-state index contributed by atoms with van der Waals surface area (Å²) < 4.78 is 0. The van der Waals surface area contributed by atoms with E-state index in [1.54, 1.807) is 0 Å². The number of benzene rings is 1. The molecule has 21 heavy (non-hydrogen) atoms. The molecule has 0 bridgehead atoms. The Morgan fingerprint density at radius 2 is 2.10 bits per heavy atom. The highest BCUT2D eigenvalue weighted by atomic mass is 16.4. The van der Waals surface area contributed by atoms with Crippen LogP contribution in [0.2, 0.25) is 0 Å². The van der Waals surface area contributed by atoms with Crippen molar-refractivity contribution in [3.63, 3.8) is 0 Å². The summed E-state index contributed by atoms with van der Waals surface area (Å²) in [5.41, 5.74) is 2.65. The molecule has 3 rings (SSSR count). The fourth-order valence-electron chi connectivity index (χ4n) is 3.49. The predicted octanol–water partition coefficient (Wildman–Crippen LogP) is 2.12. The van der Waals surface area contributed by atoms with Crippen LogP contribution in [0.5, 0.6) is 0 Å². The van der Waals surface area contributed by atoms with Gasteiger partial charge in [0.15, 0.2) is 0 Å². The molecule has 112 valence electrons. The molecule has 1 saturated carbocycles. The molecule has 3 unspecified atom stereocenters. The average Bonchev–Trinajstić information content (AvgIpc) is 3.26. The summed E-state index contributed by atoms with van der Waals surface area (Å²) in [6, 6.07) is 8.42. The molecule has 2 N–H and O–H groups in total. The topological polar surface area (TPSA) is 66.4 Å². The second-order valence-electron chi connectivity index (χ2n) is 6.58. The van der Waals surface area contributed by atoms with Crippen LogP contribution in [0.15, 0.2) is 24.3 Å². The van der Waals surface area contributed by atoms with Crippen molar-refractivity contribution in [3.8, 4) is 0 Å². The van der Waals surface area contributed by atoms with E-state index in [2.05, 4.69) is 30.4 Å². The van der Waals surface area contributed by atoms with Crippen LogP contribution in [-0.2, 0) is 21.4 Å². The Labute approximate surface area is 124 Å². The summed E-state index contributed by atoms with van der Waals surface area (Å²) in [6.07, 6.45) is 3.76. The quantitative estimate of drug-likeness (QED) is 0.891. The van der Waals surface area contributed by atoms with Gasteiger partial charge in [-0.3, -0.25) is 9.59 Å². The Bertz CT molecular complexity index is 583. The van der Waals surface area contributed by atoms with Crippen LogP contribution in [0.25, 0.3) is 0 Å². The van der Waals surface area contributed by atoms with Crippen LogP contribution in [0.3, 0.4) is 0 Å². The average molecular weight is 287 g/mol. The van der Waals surface area contributed by atoms with Crippen molar-refractivity contribution in [3.05, 3.63) is 35.4 Å². The van der Waals surface area contributed by atoms with E-state index >= 15 is 0 Å². The third-order valence-corrected chi connectivity index (χ3v) is 4.94. The third kappa shape index (κ3) is 2.67. The van der Waals surface area contributed by atoms with Gasteiger partial charge in [-0.15, -0.1) is 0 Å². The molecule has 0 spiro atoms. The fraction of sp³-hybridized carbons (Fsp3) is 0.529. The molecule has 0 heterocycles. The standard InChI is InChI=1S/C17H21NO3/c1-17(8-4-6-11-5-2-3-7-14(11)17)10-18-15(19)12-9-13(12)16(20)21/h2-3,5,7,12-13H,4,6,8-10H2,1H3,(H,18,19)(H,20,21). The van der Waals surface area contributed by atoms with Gasteiger partial charge >= 0.3 is 5.97 Å². The summed E-state index contributed by atoms with van der Waals surface area (Å²) in [5, 5.41) is 11.9. The highest BCUT2D eigenvalue weighted by Crippen LogP contribution is 2.40. The van der Waals surface area contributed by atoms with Crippen molar-refractivity contribution in [1.82, 2.24) is 5.32 Å². The predicted molar refractivity (Wildman–Crippen MR) is 79.0 cm³/mol. The lowest BCUT2D eigenvalue weighted by Crippen LogP contribution is -2.41. The molecule has 2 aliphatic rings. The molecule has 1 aromatic rings. The zero-order valence-electron chi connectivity index (χ0n) is 12.3. The first-order chi connectivity index (χ1) is 10.0. The highest BCUT2D eigenvalue weighted by Gasteiger charge is 2.48. The van der Waals surface area contributed by atoms with E-state index < -0.39 is 11.9 Å². The van der Waals surface area contributed by atoms with E-state index in [1.165, 1.54) is 11.1 Å². The van der Waals surface area contributed by atoms with Crippen LogP contribution >= 0.6 is 0 Å². The van der Waals surface area contributed by atoms with Gasteiger partial charge in [-0.2, -0.15) is 0 Å². The molecule has 1 fully saturated rings. The van der Waals surface area contributed by atoms with Crippen LogP contribution in [0.4, 0.5) is 0 Å². The second kappa shape index (κ2) is 5.17. The SMILES string of the molecule is CC1(CNC(=O)C2CC2C(=O)O)CCCc2ccccc21. The number of carboxylic acids is 1. The smallest absolute Gasteiger partial charge is 0.307 e. The number of carbonyl (C=O) groups excluding carboxylic acids is 1. The van der Waals surface area contributed by atoms with Crippen LogP contribution < -0.4 is 5.32 Å². The fourth-order valence-corrected chi connectivity index (χ4v) is 3.49. The molecule has 2 aliphatic carbocycles. The zero-order chi connectivity index (χ0) is 15.0. The van der Waals surface area contributed by atoms with E-state index in [0.29, 0.717) is 13.0 Å². The first kappa shape index (κ1) is 14.1. The number of hydrogen-bond donors (Lipinski definition) is 2. The van der Waals surface area contributed by atoms with E-state index in [9.17, 15) is 9.59 Å². The minimum absolute atomic E-state index is 0.0435. The van der Waals surface area contributed by atoms with Gasteiger partial charge in [-0.25, -0.2) is 0 Å². The van der Waals surface area contributed by atoms with Crippen LogP contribution in [0, 0.1) is 11.8 Å². The van der Waals surface area contributed by atoms with Crippen molar-refractivity contribution >= 4 is 11.9 Å². The van der Waals surface area contributed by atoms with Gasteiger partial charge in [0.2, 0.25) is 5.91 Å². The Morgan fingerprint density at radius 1 is 1.33 bits per heavy atom. The molecular weight excluding hydrogens is 266 g/mol. The Kier molecular flexibility index (Phi) is 3.47. The summed E-state index contributed by atoms with van der Waals surface area (Å²) >= 11 is 0. The maximum atomic E-state index is 12.0. The summed E-state index contributed by atoms with van der Waals surface area (Å²) in [5.74, 6) is -1.77. The molecule has 4 heteroatoms. The minimum Gasteiger partial charge on any atom is -0.481 e. The molecule has 4 nitrogen and oxygen atoms in total. The Balaban J connectivity index is 1.66. The Hall–Kier alpha value is -1.84. The highest BCUT2D eigenvalue weighted by molar-refractivity contribution is 5.89. The number of aliphatic carboxylic acids is 1. The largest absolute Gasteiger partial charge is 0.481 e. The van der Waals surface area contributed by atoms with Crippen LogP contribution in [0.1, 0.15) is 37.3 Å². The minimum atomic E-state index is -0.857. The lowest BCUT2D eigenvalue weighted by Gasteiger charge is -2.36. The molecule has 0 radical (unpaired) electrons. The first-order valence-electron chi connectivity index (χ1n) is 7.60. The van der Waals surface area contributed by atoms with Crippen molar-refractivity contribution in [1.29, 1.82) is 0 Å². The van der Waals surface area contributed by atoms with Gasteiger partial charge in [0, 0.05) is 12.0 Å². The molecule has 0 saturated heterocycles. The van der Waals surface area contributed by atoms with Gasteiger partial charge in [0.25, 0.3) is 0 Å². The van der Waals surface area contributed by atoms with E-state index in [-0.39, 0.29) is 17.2 Å². The van der Waals surface area contributed by atoms with Gasteiger partial charge in [-0.1, -0.05) is 31.2 Å². The van der Waals surface area contributed by atoms with Gasteiger partial charge in [0.05, 0.1) is 11.8 Å². The lowest BCUT2D eigenvalue weighted by molar-refractivity contribution is -0.140. The van der Waals surface area contributed by atoms with Gasteiger partial charge in [-0.05, 0) is 36.8 Å². The number of rotatable bonds is 4. The van der Waals surface area contributed by atoms with E-state index in [0.717, 1.165) is 19.3 Å². The van der Waals surface area contributed by atoms with E-state index in [1.807, 2.05) is 6.07 Å². The van der Waals surface area contributed by atoms with Crippen molar-refractivity contribution in [2.24, 2.45) is 11.8 Å². The lowest BCUT2D eigenvalue weighted by atomic mass is 9.71. The number of hydrogen-bond acceptors (Lipinski definition) is 2. The molecular formula is C17H21NO3. The first-order valence-corrected chi connectivity index (χ1v) is 7.60. The van der Waals surface area contributed by atoms with E-state index in [4.69, 9.17) is 5.11 Å². The monoisotopic (exact) mass is 287 g/mol. The summed E-state index contributed by atoms with van der Waals surface area (Å²) in [4.78, 5) is 22.9. The second-order valence-corrected chi connectivity index (χ2v) is 6.58. The number of fused-ring (bicyclic) bond motifs is 1. The van der Waals surface area contributed by atoms with Crippen molar-refractivity contribution < 1.29 is 14.7 Å². The zero-order valence-corrected chi connectivity index (χ0v) is 12.3. The number of amides is 1.